The number of amides is 1. The first-order chi connectivity index (χ1) is 7.52. The van der Waals surface area contributed by atoms with Crippen LogP contribution in [0.5, 0.6) is 0 Å². The average molecular weight is 223 g/mol. The van der Waals surface area contributed by atoms with E-state index in [0.717, 1.165) is 0 Å². The number of anilines is 1. The predicted molar refractivity (Wildman–Crippen MR) is 59.5 cm³/mol. The second-order valence-electron chi connectivity index (χ2n) is 3.48. The maximum Gasteiger partial charge on any atom is 0.346 e. The van der Waals surface area contributed by atoms with Gasteiger partial charge in [0, 0.05) is 10.6 Å². The van der Waals surface area contributed by atoms with Crippen molar-refractivity contribution in [1.29, 1.82) is 0 Å². The fourth-order valence-electron chi connectivity index (χ4n) is 1.25. The summed E-state index contributed by atoms with van der Waals surface area (Å²) >= 11 is 0. The Morgan fingerprint density at radius 2 is 1.94 bits per heavy atom. The highest BCUT2D eigenvalue weighted by atomic mass is 16.6. The number of hydrogen-bond acceptors (Lipinski definition) is 4. The van der Waals surface area contributed by atoms with Gasteiger partial charge < -0.3 is 5.32 Å². The number of carbonyl (C=O) groups excluding carboxylic acids is 1. The molecule has 0 radical (unpaired) electrons. The lowest BCUT2D eigenvalue weighted by atomic mass is 10.3. The lowest BCUT2D eigenvalue weighted by molar-refractivity contribution is -0.530. The van der Waals surface area contributed by atoms with E-state index >= 15 is 0 Å². The normalized spacial score (nSPS) is 12.2. The molecule has 0 spiro atoms. The fourth-order valence-corrected chi connectivity index (χ4v) is 1.25. The first-order valence-corrected chi connectivity index (χ1v) is 4.68. The molecule has 0 saturated carbocycles. The van der Waals surface area contributed by atoms with Gasteiger partial charge in [0.2, 0.25) is 0 Å². The van der Waals surface area contributed by atoms with Gasteiger partial charge in [-0.1, -0.05) is 18.2 Å². The van der Waals surface area contributed by atoms with Crippen molar-refractivity contribution in [2.75, 3.05) is 19.4 Å². The third-order valence-corrected chi connectivity index (χ3v) is 1.96. The molecule has 1 aromatic rings. The maximum absolute atomic E-state index is 11.6. The zero-order chi connectivity index (χ0) is 12.1. The maximum atomic E-state index is 11.6. The number of nitrogens with zero attached hydrogens (tertiary/aromatic N) is 2. The third kappa shape index (κ3) is 3.03. The van der Waals surface area contributed by atoms with E-state index in [1.165, 1.54) is 19.0 Å². The minimum absolute atomic E-state index is 0.543. The van der Waals surface area contributed by atoms with Gasteiger partial charge in [-0.05, 0) is 26.2 Å². The minimum atomic E-state index is -1.37. The molecule has 1 rings (SSSR count). The van der Waals surface area contributed by atoms with Crippen molar-refractivity contribution in [2.24, 2.45) is 0 Å². The van der Waals surface area contributed by atoms with Gasteiger partial charge >= 0.3 is 12.1 Å². The number of nitrogens with one attached hydrogen (secondary N) is 1. The van der Waals surface area contributed by atoms with Crippen molar-refractivity contribution in [2.45, 2.75) is 6.17 Å². The number of hydrogen-bond donors (Lipinski definition) is 1. The van der Waals surface area contributed by atoms with E-state index in [9.17, 15) is 14.9 Å². The number of carbonyl (C=O) groups is 1. The summed E-state index contributed by atoms with van der Waals surface area (Å²) in [7, 11) is 2.97. The fraction of sp³-hybridized carbons (Fsp3) is 0.300. The molecule has 0 aliphatic heterocycles. The monoisotopic (exact) mass is 223 g/mol. The smallest absolute Gasteiger partial charge is 0.319 e. The van der Waals surface area contributed by atoms with Crippen LogP contribution in [0.1, 0.15) is 0 Å². The predicted octanol–water partition coefficient (Wildman–Crippen LogP) is 0.789. The molecule has 0 aliphatic rings. The van der Waals surface area contributed by atoms with Gasteiger partial charge in [0.25, 0.3) is 0 Å². The molecule has 0 fully saturated rings. The minimum Gasteiger partial charge on any atom is -0.319 e. The molecule has 1 atom stereocenters. The summed E-state index contributed by atoms with van der Waals surface area (Å²) in [5.74, 6) is -0.652. The molecule has 0 heterocycles. The van der Waals surface area contributed by atoms with Gasteiger partial charge in [-0.3, -0.25) is 14.9 Å². The van der Waals surface area contributed by atoms with Crippen molar-refractivity contribution in [1.82, 2.24) is 4.90 Å². The van der Waals surface area contributed by atoms with Gasteiger partial charge in [-0.25, -0.2) is 4.90 Å². The van der Waals surface area contributed by atoms with Crippen molar-refractivity contribution >= 4 is 11.6 Å². The van der Waals surface area contributed by atoms with E-state index in [0.29, 0.717) is 5.69 Å². The van der Waals surface area contributed by atoms with Crippen molar-refractivity contribution < 1.29 is 9.72 Å². The molecule has 1 amide bonds. The number of para-hydroxylation sites is 1. The van der Waals surface area contributed by atoms with E-state index in [2.05, 4.69) is 5.32 Å². The highest BCUT2D eigenvalue weighted by molar-refractivity contribution is 5.93. The first-order valence-electron chi connectivity index (χ1n) is 4.68. The molecule has 6 heteroatoms. The van der Waals surface area contributed by atoms with Crippen molar-refractivity contribution in [3.63, 3.8) is 0 Å². The van der Waals surface area contributed by atoms with Gasteiger partial charge in [0.05, 0.1) is 0 Å². The van der Waals surface area contributed by atoms with Gasteiger partial charge in [-0.2, -0.15) is 0 Å². The zero-order valence-corrected chi connectivity index (χ0v) is 9.08. The Hall–Kier alpha value is -1.95. The number of rotatable bonds is 4. The summed E-state index contributed by atoms with van der Waals surface area (Å²) in [6.07, 6.45) is -1.37. The Kier molecular flexibility index (Phi) is 3.96. The Morgan fingerprint density at radius 3 is 2.38 bits per heavy atom. The van der Waals surface area contributed by atoms with Gasteiger partial charge in [0.15, 0.2) is 0 Å². The van der Waals surface area contributed by atoms with Crippen LogP contribution in [0.15, 0.2) is 30.3 Å². The van der Waals surface area contributed by atoms with Crippen molar-refractivity contribution in [3.8, 4) is 0 Å². The molecule has 1 N–H and O–H groups in total. The largest absolute Gasteiger partial charge is 0.346 e. The Balaban J connectivity index is 2.74. The highest BCUT2D eigenvalue weighted by Crippen LogP contribution is 2.07. The molecule has 0 aliphatic carbocycles. The number of likely N-dealkylation sites (N-methyl/N-ethyl adjacent to an activating group) is 1. The summed E-state index contributed by atoms with van der Waals surface area (Å²) in [5, 5.41) is 13.2. The summed E-state index contributed by atoms with van der Waals surface area (Å²) in [6.45, 7) is 0. The molecular weight excluding hydrogens is 210 g/mol. The van der Waals surface area contributed by atoms with Crippen LogP contribution in [0, 0.1) is 10.1 Å². The van der Waals surface area contributed by atoms with E-state index in [1.807, 2.05) is 0 Å². The highest BCUT2D eigenvalue weighted by Gasteiger charge is 2.31. The van der Waals surface area contributed by atoms with E-state index < -0.39 is 17.0 Å². The molecule has 6 nitrogen and oxygen atoms in total. The second kappa shape index (κ2) is 5.22. The Morgan fingerprint density at radius 1 is 1.38 bits per heavy atom. The molecule has 86 valence electrons. The van der Waals surface area contributed by atoms with Crippen LogP contribution in [-0.2, 0) is 4.79 Å². The molecular formula is C10H13N3O3. The lowest BCUT2D eigenvalue weighted by Gasteiger charge is -2.15. The van der Waals surface area contributed by atoms with Gasteiger partial charge in [-0.15, -0.1) is 0 Å². The van der Waals surface area contributed by atoms with Crippen LogP contribution < -0.4 is 5.32 Å². The van der Waals surface area contributed by atoms with Crippen LogP contribution in [0.2, 0.25) is 0 Å². The lowest BCUT2D eigenvalue weighted by Crippen LogP contribution is -2.45. The summed E-state index contributed by atoms with van der Waals surface area (Å²) in [5.41, 5.74) is 0.543. The molecule has 1 aromatic carbocycles. The standard InChI is InChI=1S/C10H13N3O3/c1-12(2)10(13(15)16)9(14)11-8-6-4-3-5-7-8/h3-7,10H,1-2H3,(H,11,14). The molecule has 16 heavy (non-hydrogen) atoms. The zero-order valence-electron chi connectivity index (χ0n) is 9.08. The van der Waals surface area contributed by atoms with Crippen LogP contribution >= 0.6 is 0 Å². The van der Waals surface area contributed by atoms with E-state index in [-0.39, 0.29) is 0 Å². The van der Waals surface area contributed by atoms with Crippen LogP contribution in [0.25, 0.3) is 0 Å². The van der Waals surface area contributed by atoms with E-state index in [4.69, 9.17) is 0 Å². The Bertz CT molecular complexity index is 378. The SMILES string of the molecule is CN(C)C(C(=O)Nc1ccccc1)[N+](=O)[O-]. The van der Waals surface area contributed by atoms with Crippen LogP contribution in [-0.4, -0.2) is 36.0 Å². The third-order valence-electron chi connectivity index (χ3n) is 1.96. The molecule has 0 bridgehead atoms. The summed E-state index contributed by atoms with van der Waals surface area (Å²) < 4.78 is 0. The topological polar surface area (TPSA) is 75.5 Å². The molecule has 0 saturated heterocycles. The quantitative estimate of drug-likeness (QED) is 0.465. The van der Waals surface area contributed by atoms with Crippen molar-refractivity contribution in [3.05, 3.63) is 40.4 Å². The number of benzene rings is 1. The number of nitro groups is 1. The molecule has 1 unspecified atom stereocenters. The van der Waals surface area contributed by atoms with Gasteiger partial charge in [0.1, 0.15) is 0 Å². The second-order valence-corrected chi connectivity index (χ2v) is 3.48. The first kappa shape index (κ1) is 12.1. The van der Waals surface area contributed by atoms with E-state index in [1.54, 1.807) is 30.3 Å². The average Bonchev–Trinajstić information content (AvgIpc) is 2.17. The Labute approximate surface area is 93.0 Å². The summed E-state index contributed by atoms with van der Waals surface area (Å²) in [6, 6.07) is 8.63. The van der Waals surface area contributed by atoms with Crippen LogP contribution in [0.3, 0.4) is 0 Å². The summed E-state index contributed by atoms with van der Waals surface area (Å²) in [4.78, 5) is 22.9. The van der Waals surface area contributed by atoms with Crippen LogP contribution in [0.4, 0.5) is 5.69 Å². The molecule has 0 aromatic heterocycles.